The second kappa shape index (κ2) is 6.75. The molecule has 0 saturated heterocycles. The highest BCUT2D eigenvalue weighted by atomic mass is 19.1. The first kappa shape index (κ1) is 16.2. The summed E-state index contributed by atoms with van der Waals surface area (Å²) < 4.78 is 18.2. The van der Waals surface area contributed by atoms with Gasteiger partial charge in [0.25, 0.3) is 0 Å². The van der Waals surface area contributed by atoms with E-state index in [1.54, 1.807) is 38.1 Å². The molecule has 4 nitrogen and oxygen atoms in total. The van der Waals surface area contributed by atoms with Gasteiger partial charge < -0.3 is 14.8 Å². The Morgan fingerprint density at radius 2 is 1.95 bits per heavy atom. The summed E-state index contributed by atoms with van der Waals surface area (Å²) in [4.78, 5) is 11.8. The second-order valence-corrected chi connectivity index (χ2v) is 5.59. The van der Waals surface area contributed by atoms with E-state index in [9.17, 15) is 14.3 Å². The van der Waals surface area contributed by atoms with Crippen molar-refractivity contribution in [1.82, 2.24) is 5.32 Å². The van der Waals surface area contributed by atoms with Crippen molar-refractivity contribution in [2.24, 2.45) is 0 Å². The van der Waals surface area contributed by atoms with Crippen LogP contribution < -0.4 is 5.32 Å². The maximum atomic E-state index is 12.8. The largest absolute Gasteiger partial charge is 0.463 e. The highest BCUT2D eigenvalue weighted by Crippen LogP contribution is 2.21. The minimum atomic E-state index is -1.25. The van der Waals surface area contributed by atoms with Crippen LogP contribution in [0.1, 0.15) is 30.4 Å². The van der Waals surface area contributed by atoms with Crippen molar-refractivity contribution in [1.29, 1.82) is 0 Å². The molecule has 1 aromatic carbocycles. The molecule has 0 aliphatic heterocycles. The minimum absolute atomic E-state index is 0.0716. The van der Waals surface area contributed by atoms with Gasteiger partial charge in [0.2, 0.25) is 5.91 Å². The summed E-state index contributed by atoms with van der Waals surface area (Å²) in [7, 11) is 0. The van der Waals surface area contributed by atoms with E-state index in [1.807, 2.05) is 0 Å². The molecule has 0 bridgehead atoms. The van der Waals surface area contributed by atoms with Crippen LogP contribution in [-0.4, -0.2) is 17.6 Å². The lowest BCUT2D eigenvalue weighted by molar-refractivity contribution is -0.122. The Morgan fingerprint density at radius 3 is 2.55 bits per heavy atom. The number of rotatable bonds is 6. The van der Waals surface area contributed by atoms with Gasteiger partial charge in [0.05, 0.1) is 6.54 Å². The molecule has 0 radical (unpaired) electrons. The molecule has 0 spiro atoms. The van der Waals surface area contributed by atoms with Crippen molar-refractivity contribution in [2.75, 3.05) is 6.54 Å². The summed E-state index contributed by atoms with van der Waals surface area (Å²) in [6.45, 7) is 3.45. The van der Waals surface area contributed by atoms with E-state index in [4.69, 9.17) is 4.42 Å². The second-order valence-electron chi connectivity index (χ2n) is 5.59. The van der Waals surface area contributed by atoms with Crippen LogP contribution >= 0.6 is 0 Å². The lowest BCUT2D eigenvalue weighted by atomic mass is 10.0. The summed E-state index contributed by atoms with van der Waals surface area (Å²) in [5, 5.41) is 13.0. The van der Waals surface area contributed by atoms with E-state index in [2.05, 4.69) is 5.32 Å². The molecule has 2 aromatic rings. The molecule has 1 heterocycles. The molecule has 1 atom stereocenters. The van der Waals surface area contributed by atoms with Gasteiger partial charge in [-0.25, -0.2) is 4.39 Å². The smallest absolute Gasteiger partial charge is 0.220 e. The van der Waals surface area contributed by atoms with Crippen LogP contribution in [0.25, 0.3) is 0 Å². The zero-order chi connectivity index (χ0) is 16.2. The number of aliphatic hydroxyl groups is 1. The summed E-state index contributed by atoms with van der Waals surface area (Å²) >= 11 is 0. The Labute approximate surface area is 129 Å². The zero-order valence-electron chi connectivity index (χ0n) is 12.7. The molecule has 1 aromatic heterocycles. The lowest BCUT2D eigenvalue weighted by Gasteiger charge is -2.21. The van der Waals surface area contributed by atoms with Crippen LogP contribution in [0.5, 0.6) is 0 Å². The molecule has 1 unspecified atom stereocenters. The van der Waals surface area contributed by atoms with Gasteiger partial charge in [-0.3, -0.25) is 4.79 Å². The molecule has 2 N–H and O–H groups in total. The molecule has 5 heteroatoms. The molecular weight excluding hydrogens is 285 g/mol. The SMILES string of the molecule is Cc1ccc(C(C)(O)CNC(=O)CCc2ccc(F)cc2)o1. The molecule has 2 rings (SSSR count). The van der Waals surface area contributed by atoms with Crippen LogP contribution in [0.2, 0.25) is 0 Å². The number of halogens is 1. The fourth-order valence-electron chi connectivity index (χ4n) is 2.08. The predicted octanol–water partition coefficient (Wildman–Crippen LogP) is 2.68. The van der Waals surface area contributed by atoms with E-state index < -0.39 is 5.60 Å². The average molecular weight is 305 g/mol. The van der Waals surface area contributed by atoms with Gasteiger partial charge in [-0.2, -0.15) is 0 Å². The van der Waals surface area contributed by atoms with Crippen LogP contribution in [0.3, 0.4) is 0 Å². The van der Waals surface area contributed by atoms with Gasteiger partial charge in [-0.15, -0.1) is 0 Å². The van der Waals surface area contributed by atoms with Crippen LogP contribution in [-0.2, 0) is 16.8 Å². The predicted molar refractivity (Wildman–Crippen MR) is 80.7 cm³/mol. The van der Waals surface area contributed by atoms with Gasteiger partial charge in [0, 0.05) is 6.42 Å². The van der Waals surface area contributed by atoms with Crippen LogP contribution in [0.15, 0.2) is 40.8 Å². The first-order valence-corrected chi connectivity index (χ1v) is 7.17. The molecule has 0 fully saturated rings. The van der Waals surface area contributed by atoms with Gasteiger partial charge in [-0.05, 0) is 50.1 Å². The summed E-state index contributed by atoms with van der Waals surface area (Å²) in [5.41, 5.74) is -0.357. The Hall–Kier alpha value is -2.14. The monoisotopic (exact) mass is 305 g/mol. The normalized spacial score (nSPS) is 13.6. The molecule has 0 saturated carbocycles. The number of furan rings is 1. The average Bonchev–Trinajstić information content (AvgIpc) is 2.92. The van der Waals surface area contributed by atoms with Gasteiger partial charge in [-0.1, -0.05) is 12.1 Å². The van der Waals surface area contributed by atoms with Crippen molar-refractivity contribution >= 4 is 5.91 Å². The minimum Gasteiger partial charge on any atom is -0.463 e. The number of hydrogen-bond acceptors (Lipinski definition) is 3. The van der Waals surface area contributed by atoms with Gasteiger partial charge in [0.1, 0.15) is 22.9 Å². The lowest BCUT2D eigenvalue weighted by Crippen LogP contribution is -2.38. The zero-order valence-corrected chi connectivity index (χ0v) is 12.7. The van der Waals surface area contributed by atoms with Gasteiger partial charge >= 0.3 is 0 Å². The Balaban J connectivity index is 1.81. The van der Waals surface area contributed by atoms with E-state index >= 15 is 0 Å². The van der Waals surface area contributed by atoms with E-state index in [1.165, 1.54) is 12.1 Å². The number of hydrogen-bond donors (Lipinski definition) is 2. The Kier molecular flexibility index (Phi) is 4.98. The van der Waals surface area contributed by atoms with Crippen LogP contribution in [0.4, 0.5) is 4.39 Å². The summed E-state index contributed by atoms with van der Waals surface area (Å²) in [6, 6.07) is 9.52. The summed E-state index contributed by atoms with van der Waals surface area (Å²) in [5.74, 6) is 0.660. The standard InChI is InChI=1S/C17H20FNO3/c1-12-3-9-15(22-12)17(2,21)11-19-16(20)10-6-13-4-7-14(18)8-5-13/h3-5,7-9,21H,6,10-11H2,1-2H3,(H,19,20). The summed E-state index contributed by atoms with van der Waals surface area (Å²) in [6.07, 6.45) is 0.799. The highest BCUT2D eigenvalue weighted by Gasteiger charge is 2.27. The maximum Gasteiger partial charge on any atom is 0.220 e. The third-order valence-corrected chi connectivity index (χ3v) is 3.45. The number of carbonyl (C=O) groups is 1. The van der Waals surface area contributed by atoms with E-state index in [-0.39, 0.29) is 24.7 Å². The number of amides is 1. The van der Waals surface area contributed by atoms with Crippen LogP contribution in [0, 0.1) is 12.7 Å². The Bertz CT molecular complexity index is 632. The van der Waals surface area contributed by atoms with Crippen molar-refractivity contribution in [2.45, 2.75) is 32.3 Å². The van der Waals surface area contributed by atoms with Crippen molar-refractivity contribution < 1.29 is 18.7 Å². The molecule has 22 heavy (non-hydrogen) atoms. The third kappa shape index (κ3) is 4.43. The van der Waals surface area contributed by atoms with Gasteiger partial charge in [0.15, 0.2) is 0 Å². The van der Waals surface area contributed by atoms with E-state index in [0.717, 1.165) is 5.56 Å². The Morgan fingerprint density at radius 1 is 1.27 bits per heavy atom. The molecule has 0 aliphatic rings. The molecule has 0 aliphatic carbocycles. The highest BCUT2D eigenvalue weighted by molar-refractivity contribution is 5.76. The number of benzene rings is 1. The number of aryl methyl sites for hydroxylation is 2. The topological polar surface area (TPSA) is 62.5 Å². The van der Waals surface area contributed by atoms with Crippen molar-refractivity contribution in [3.8, 4) is 0 Å². The number of nitrogens with one attached hydrogen (secondary N) is 1. The number of carbonyl (C=O) groups excluding carboxylic acids is 1. The quantitative estimate of drug-likeness (QED) is 0.862. The first-order chi connectivity index (χ1) is 10.4. The molecule has 1 amide bonds. The molecule has 118 valence electrons. The van der Waals surface area contributed by atoms with Crippen molar-refractivity contribution in [3.05, 3.63) is 59.3 Å². The molecular formula is C17H20FNO3. The van der Waals surface area contributed by atoms with E-state index in [0.29, 0.717) is 17.9 Å². The first-order valence-electron chi connectivity index (χ1n) is 7.17. The fourth-order valence-corrected chi connectivity index (χ4v) is 2.08. The maximum absolute atomic E-state index is 12.8. The van der Waals surface area contributed by atoms with Crippen molar-refractivity contribution in [3.63, 3.8) is 0 Å². The third-order valence-electron chi connectivity index (χ3n) is 3.45. The fraction of sp³-hybridized carbons (Fsp3) is 0.353.